The van der Waals surface area contributed by atoms with Crippen molar-refractivity contribution >= 4 is 23.8 Å². The number of aromatic nitrogens is 2. The minimum atomic E-state index is -0.559. The number of alkyl carbamates (subject to hydrolysis) is 1. The van der Waals surface area contributed by atoms with Gasteiger partial charge in [0.1, 0.15) is 12.2 Å². The van der Waals surface area contributed by atoms with Gasteiger partial charge in [-0.05, 0) is 68.4 Å². The topological polar surface area (TPSA) is 106 Å². The summed E-state index contributed by atoms with van der Waals surface area (Å²) >= 11 is 0. The molecule has 0 saturated heterocycles. The van der Waals surface area contributed by atoms with Crippen molar-refractivity contribution in [2.45, 2.75) is 78.3 Å². The van der Waals surface area contributed by atoms with E-state index in [4.69, 9.17) is 9.47 Å². The molecule has 1 N–H and O–H groups in total. The number of rotatable bonds is 8. The van der Waals surface area contributed by atoms with E-state index in [1.807, 2.05) is 80.4 Å². The lowest BCUT2D eigenvalue weighted by Crippen LogP contribution is -2.53. The second-order valence-electron chi connectivity index (χ2n) is 12.9. The highest BCUT2D eigenvalue weighted by molar-refractivity contribution is 5.94. The predicted octanol–water partition coefficient (Wildman–Crippen LogP) is 6.17. The molecule has 3 aromatic rings. The molecule has 0 bridgehead atoms. The molecule has 10 nitrogen and oxygen atoms in total. The fourth-order valence-corrected chi connectivity index (χ4v) is 5.96. The normalized spacial score (nSPS) is 19.6. The lowest BCUT2D eigenvalue weighted by molar-refractivity contribution is -0.117. The van der Waals surface area contributed by atoms with Crippen molar-refractivity contribution in [3.05, 3.63) is 72.1 Å². The fraction of sp³-hybridized carbons (Fsp3) is 0.471. The first-order valence-corrected chi connectivity index (χ1v) is 15.3. The van der Waals surface area contributed by atoms with Crippen molar-refractivity contribution < 1.29 is 23.9 Å². The lowest BCUT2D eigenvalue weighted by atomic mass is 9.79. The van der Waals surface area contributed by atoms with Crippen molar-refractivity contribution in [2.75, 3.05) is 18.5 Å². The molecule has 1 aromatic heterocycles. The second-order valence-corrected chi connectivity index (χ2v) is 12.9. The number of ether oxygens (including phenoxy) is 2. The Hall–Kier alpha value is -4.34. The lowest BCUT2D eigenvalue weighted by Gasteiger charge is -2.45. The Morgan fingerprint density at radius 3 is 2.45 bits per heavy atom. The van der Waals surface area contributed by atoms with Crippen LogP contribution >= 0.6 is 0 Å². The van der Waals surface area contributed by atoms with E-state index in [1.54, 1.807) is 24.9 Å². The van der Waals surface area contributed by atoms with Crippen LogP contribution in [0.3, 0.4) is 0 Å². The number of fused-ring (bicyclic) bond motifs is 1. The van der Waals surface area contributed by atoms with Crippen LogP contribution in [-0.2, 0) is 27.4 Å². The Morgan fingerprint density at radius 1 is 1.07 bits per heavy atom. The first-order chi connectivity index (χ1) is 20.9. The maximum absolute atomic E-state index is 13.1. The number of nitrogens with zero attached hydrogens (tertiary/aromatic N) is 4. The molecule has 0 spiro atoms. The van der Waals surface area contributed by atoms with Crippen LogP contribution < -0.4 is 10.2 Å². The molecule has 1 fully saturated rings. The zero-order valence-electron chi connectivity index (χ0n) is 26.4. The van der Waals surface area contributed by atoms with Crippen LogP contribution in [0.2, 0.25) is 0 Å². The molecule has 0 unspecified atom stereocenters. The van der Waals surface area contributed by atoms with Crippen LogP contribution in [0.1, 0.15) is 64.6 Å². The predicted molar refractivity (Wildman–Crippen MR) is 168 cm³/mol. The Labute approximate surface area is 259 Å². The highest BCUT2D eigenvalue weighted by atomic mass is 16.6. The zero-order chi connectivity index (χ0) is 31.6. The minimum absolute atomic E-state index is 0.00464. The van der Waals surface area contributed by atoms with E-state index < -0.39 is 11.7 Å². The highest BCUT2D eigenvalue weighted by Gasteiger charge is 2.48. The van der Waals surface area contributed by atoms with Gasteiger partial charge >= 0.3 is 12.2 Å². The van der Waals surface area contributed by atoms with Crippen molar-refractivity contribution in [1.29, 1.82) is 0 Å². The van der Waals surface area contributed by atoms with E-state index >= 15 is 0 Å². The van der Waals surface area contributed by atoms with E-state index in [0.717, 1.165) is 40.8 Å². The van der Waals surface area contributed by atoms with Crippen LogP contribution in [0.4, 0.5) is 15.3 Å². The summed E-state index contributed by atoms with van der Waals surface area (Å²) in [6, 6.07) is 15.3. The van der Waals surface area contributed by atoms with Gasteiger partial charge in [0.05, 0.1) is 18.8 Å². The molecule has 1 aliphatic heterocycles. The van der Waals surface area contributed by atoms with E-state index in [9.17, 15) is 14.4 Å². The first kappa shape index (κ1) is 31.1. The molecule has 2 aromatic carbocycles. The number of likely N-dealkylation sites (N-methyl/N-ethyl adjacent to an activating group) is 1. The zero-order valence-corrected chi connectivity index (χ0v) is 26.4. The smallest absolute Gasteiger partial charge is 0.410 e. The van der Waals surface area contributed by atoms with Gasteiger partial charge in [-0.1, -0.05) is 43.3 Å². The number of amides is 3. The molecule has 2 aliphatic rings. The average Bonchev–Trinajstić information content (AvgIpc) is 3.71. The number of hydrogen-bond acceptors (Lipinski definition) is 6. The third-order valence-corrected chi connectivity index (χ3v) is 8.25. The third kappa shape index (κ3) is 7.23. The quantitative estimate of drug-likeness (QED) is 0.331. The summed E-state index contributed by atoms with van der Waals surface area (Å²) in [6.45, 7) is 10.3. The number of anilines is 1. The van der Waals surface area contributed by atoms with E-state index in [1.165, 1.54) is 4.90 Å². The molecular weight excluding hydrogens is 558 g/mol. The highest BCUT2D eigenvalue weighted by Crippen LogP contribution is 2.49. The Kier molecular flexibility index (Phi) is 8.99. The molecule has 3 atom stereocenters. The molecule has 5 rings (SSSR count). The van der Waals surface area contributed by atoms with Crippen molar-refractivity contribution in [3.63, 3.8) is 0 Å². The number of hydrogen-bond donors (Lipinski definition) is 1. The molecule has 1 aliphatic carbocycles. The fourth-order valence-electron chi connectivity index (χ4n) is 5.96. The third-order valence-electron chi connectivity index (χ3n) is 8.25. The average molecular weight is 602 g/mol. The number of benzene rings is 2. The van der Waals surface area contributed by atoms with Gasteiger partial charge in [0.2, 0.25) is 5.91 Å². The summed E-state index contributed by atoms with van der Waals surface area (Å²) in [7, 11) is 1.71. The summed E-state index contributed by atoms with van der Waals surface area (Å²) in [5.41, 5.74) is 3.85. The SMILES string of the molecule is CC(=O)N1c2ccc(-c3cnn(CCN(C)C(=O)OC(C)(C)C)c3)cc2[C@@H](NC(=O)OCc2ccccc2)[C@H](C)[C@H]1C1CC1. The van der Waals surface area contributed by atoms with Gasteiger partial charge in [0.25, 0.3) is 0 Å². The summed E-state index contributed by atoms with van der Waals surface area (Å²) in [5.74, 6) is 0.378. The van der Waals surface area contributed by atoms with Gasteiger partial charge in [-0.15, -0.1) is 0 Å². The molecule has 44 heavy (non-hydrogen) atoms. The summed E-state index contributed by atoms with van der Waals surface area (Å²) in [5, 5.41) is 7.66. The molecule has 3 amide bonds. The van der Waals surface area contributed by atoms with Gasteiger partial charge in [-0.3, -0.25) is 9.48 Å². The Balaban J connectivity index is 1.37. The monoisotopic (exact) mass is 601 g/mol. The van der Waals surface area contributed by atoms with Gasteiger partial charge in [0.15, 0.2) is 0 Å². The van der Waals surface area contributed by atoms with Crippen LogP contribution in [-0.4, -0.2) is 58.0 Å². The molecule has 10 heteroatoms. The van der Waals surface area contributed by atoms with Crippen LogP contribution in [0.5, 0.6) is 0 Å². The van der Waals surface area contributed by atoms with Gasteiger partial charge in [-0.25, -0.2) is 9.59 Å². The summed E-state index contributed by atoms with van der Waals surface area (Å²) < 4.78 is 12.8. The van der Waals surface area contributed by atoms with E-state index in [2.05, 4.69) is 17.3 Å². The number of carbonyl (C=O) groups excluding carboxylic acids is 3. The number of carbonyl (C=O) groups is 3. The Bertz CT molecular complexity index is 1490. The molecule has 2 heterocycles. The standard InChI is InChI=1S/C34H43N5O5/c1-22-30(36-32(41)43-21-24-10-8-7-9-11-24)28-18-26(14-15-29(28)39(23(2)40)31(22)25-12-13-25)27-19-35-38(20-27)17-16-37(6)33(42)44-34(3,4)5/h7-11,14-15,18-20,22,25,30-31H,12-13,16-17,21H2,1-6H3,(H,36,41)/t22-,30-,31-/m0/s1. The van der Waals surface area contributed by atoms with Crippen LogP contribution in [0.15, 0.2) is 60.9 Å². The summed E-state index contributed by atoms with van der Waals surface area (Å²) in [6.07, 6.45) is 4.99. The minimum Gasteiger partial charge on any atom is -0.445 e. The molecule has 0 radical (unpaired) electrons. The Morgan fingerprint density at radius 2 is 1.80 bits per heavy atom. The summed E-state index contributed by atoms with van der Waals surface area (Å²) in [4.78, 5) is 41.9. The van der Waals surface area contributed by atoms with Gasteiger partial charge in [0, 0.05) is 49.9 Å². The van der Waals surface area contributed by atoms with E-state index in [0.29, 0.717) is 19.0 Å². The van der Waals surface area contributed by atoms with Crippen molar-refractivity contribution in [3.8, 4) is 11.1 Å². The number of nitrogens with one attached hydrogen (secondary N) is 1. The first-order valence-electron chi connectivity index (χ1n) is 15.3. The molecular formula is C34H43N5O5. The molecule has 234 valence electrons. The second kappa shape index (κ2) is 12.7. The van der Waals surface area contributed by atoms with Crippen molar-refractivity contribution in [1.82, 2.24) is 20.0 Å². The maximum Gasteiger partial charge on any atom is 0.410 e. The largest absolute Gasteiger partial charge is 0.445 e. The van der Waals surface area contributed by atoms with E-state index in [-0.39, 0.29) is 36.6 Å². The van der Waals surface area contributed by atoms with Crippen LogP contribution in [0, 0.1) is 11.8 Å². The van der Waals surface area contributed by atoms with Crippen molar-refractivity contribution in [2.24, 2.45) is 11.8 Å². The van der Waals surface area contributed by atoms with Gasteiger partial charge in [-0.2, -0.15) is 5.10 Å². The van der Waals surface area contributed by atoms with Crippen LogP contribution in [0.25, 0.3) is 11.1 Å². The maximum atomic E-state index is 13.1. The van der Waals surface area contributed by atoms with Gasteiger partial charge < -0.3 is 24.6 Å². The molecule has 1 saturated carbocycles.